The Hall–Kier alpha value is -1.72. The van der Waals surface area contributed by atoms with Crippen LogP contribution in [0.1, 0.15) is 11.6 Å². The molecule has 1 fully saturated rings. The molecular weight excluding hydrogens is 265 g/mol. The van der Waals surface area contributed by atoms with E-state index < -0.39 is 15.8 Å². The van der Waals surface area contributed by atoms with Gasteiger partial charge in [-0.1, -0.05) is 30.3 Å². The first-order valence-corrected chi connectivity index (χ1v) is 7.35. The molecular formula is C14H12FNO2S. The molecule has 3 rings (SSSR count). The minimum absolute atomic E-state index is 0.101. The molecule has 2 unspecified atom stereocenters. The summed E-state index contributed by atoms with van der Waals surface area (Å²) in [4.78, 5) is 0.132. The summed E-state index contributed by atoms with van der Waals surface area (Å²) < 4.78 is 38.8. The van der Waals surface area contributed by atoms with E-state index in [1.165, 1.54) is 16.4 Å². The lowest BCUT2D eigenvalue weighted by molar-refractivity contribution is 0.553. The second kappa shape index (κ2) is 4.43. The average molecular weight is 277 g/mol. The Labute approximate surface area is 111 Å². The van der Waals surface area contributed by atoms with Crippen LogP contribution >= 0.6 is 0 Å². The van der Waals surface area contributed by atoms with Gasteiger partial charge in [-0.3, -0.25) is 0 Å². The molecule has 3 nitrogen and oxygen atoms in total. The Morgan fingerprint density at radius 1 is 1.00 bits per heavy atom. The van der Waals surface area contributed by atoms with Crippen molar-refractivity contribution < 1.29 is 12.8 Å². The first-order valence-electron chi connectivity index (χ1n) is 5.91. The molecule has 1 aliphatic rings. The van der Waals surface area contributed by atoms with Gasteiger partial charge in [0.1, 0.15) is 5.82 Å². The van der Waals surface area contributed by atoms with E-state index in [1.807, 2.05) is 30.3 Å². The summed E-state index contributed by atoms with van der Waals surface area (Å²) in [7, 11) is -3.51. The van der Waals surface area contributed by atoms with Gasteiger partial charge in [0.05, 0.1) is 10.9 Å². The maximum atomic E-state index is 12.8. The number of nitrogens with zero attached hydrogens (tertiary/aromatic N) is 1. The largest absolute Gasteiger partial charge is 0.243 e. The third kappa shape index (κ3) is 2.27. The van der Waals surface area contributed by atoms with Crippen LogP contribution in [0.3, 0.4) is 0 Å². The molecule has 0 radical (unpaired) electrons. The Morgan fingerprint density at radius 3 is 2.26 bits per heavy atom. The Morgan fingerprint density at radius 2 is 1.63 bits per heavy atom. The van der Waals surface area contributed by atoms with Crippen LogP contribution in [0, 0.1) is 5.82 Å². The van der Waals surface area contributed by atoms with Crippen LogP contribution in [0.5, 0.6) is 0 Å². The fourth-order valence-corrected chi connectivity index (χ4v) is 3.62. The molecule has 0 bridgehead atoms. The molecule has 0 aliphatic carbocycles. The standard InChI is InChI=1S/C14H12FNO2S/c15-12-6-8-13(9-7-12)19(17,18)16-10-14(16)11-4-2-1-3-5-11/h1-9,14H,10H2. The van der Waals surface area contributed by atoms with Gasteiger partial charge in [-0.15, -0.1) is 0 Å². The number of rotatable bonds is 3. The van der Waals surface area contributed by atoms with E-state index in [1.54, 1.807) is 0 Å². The summed E-state index contributed by atoms with van der Waals surface area (Å²) in [5, 5.41) is 0. The van der Waals surface area contributed by atoms with Crippen LogP contribution < -0.4 is 0 Å². The van der Waals surface area contributed by atoms with Gasteiger partial charge in [0.2, 0.25) is 10.0 Å². The summed E-state index contributed by atoms with van der Waals surface area (Å²) in [6, 6.07) is 14.3. The predicted molar refractivity (Wildman–Crippen MR) is 69.5 cm³/mol. The highest BCUT2D eigenvalue weighted by Crippen LogP contribution is 2.39. The predicted octanol–water partition coefficient (Wildman–Crippen LogP) is 2.57. The van der Waals surface area contributed by atoms with Crippen molar-refractivity contribution in [2.24, 2.45) is 0 Å². The van der Waals surface area contributed by atoms with Gasteiger partial charge >= 0.3 is 0 Å². The molecule has 5 heteroatoms. The molecule has 2 aromatic carbocycles. The van der Waals surface area contributed by atoms with Crippen molar-refractivity contribution in [3.05, 3.63) is 66.0 Å². The highest BCUT2D eigenvalue weighted by atomic mass is 32.2. The van der Waals surface area contributed by atoms with Crippen molar-refractivity contribution in [1.29, 1.82) is 0 Å². The second-order valence-electron chi connectivity index (χ2n) is 4.46. The van der Waals surface area contributed by atoms with Crippen molar-refractivity contribution in [2.75, 3.05) is 6.54 Å². The molecule has 0 amide bonds. The summed E-state index contributed by atoms with van der Waals surface area (Å²) in [6.07, 6.45) is 0. The van der Waals surface area contributed by atoms with Gasteiger partial charge in [-0.25, -0.2) is 12.8 Å². The van der Waals surface area contributed by atoms with E-state index in [0.29, 0.717) is 6.54 Å². The first kappa shape index (κ1) is 12.3. The van der Waals surface area contributed by atoms with E-state index >= 15 is 0 Å². The first-order chi connectivity index (χ1) is 9.09. The van der Waals surface area contributed by atoms with E-state index in [2.05, 4.69) is 0 Å². The number of benzene rings is 2. The van der Waals surface area contributed by atoms with Gasteiger partial charge in [0.25, 0.3) is 0 Å². The van der Waals surface area contributed by atoms with Crippen LogP contribution in [-0.4, -0.2) is 19.3 Å². The normalized spacial score (nSPS) is 22.2. The Balaban J connectivity index is 1.86. The minimum Gasteiger partial charge on any atom is -0.207 e. The average Bonchev–Trinajstić information content (AvgIpc) is 3.21. The molecule has 0 spiro atoms. The van der Waals surface area contributed by atoms with Gasteiger partial charge < -0.3 is 0 Å². The highest BCUT2D eigenvalue weighted by Gasteiger charge is 2.45. The van der Waals surface area contributed by atoms with Crippen LogP contribution in [0.2, 0.25) is 0 Å². The lowest BCUT2D eigenvalue weighted by atomic mass is 10.2. The van der Waals surface area contributed by atoms with Crippen LogP contribution in [0.4, 0.5) is 4.39 Å². The van der Waals surface area contributed by atoms with Crippen molar-refractivity contribution in [1.82, 2.24) is 4.31 Å². The highest BCUT2D eigenvalue weighted by molar-refractivity contribution is 7.89. The number of hydrogen-bond donors (Lipinski definition) is 0. The van der Waals surface area contributed by atoms with Gasteiger partial charge in [0, 0.05) is 6.54 Å². The molecule has 0 saturated carbocycles. The molecule has 2 atom stereocenters. The molecule has 19 heavy (non-hydrogen) atoms. The molecule has 0 N–H and O–H groups in total. The van der Waals surface area contributed by atoms with Gasteiger partial charge in [0.15, 0.2) is 0 Å². The number of sulfonamides is 1. The fraction of sp³-hybridized carbons (Fsp3) is 0.143. The summed E-state index contributed by atoms with van der Waals surface area (Å²) in [5.74, 6) is -0.440. The lowest BCUT2D eigenvalue weighted by Crippen LogP contribution is -2.12. The third-order valence-electron chi connectivity index (χ3n) is 3.17. The third-order valence-corrected chi connectivity index (χ3v) is 5.06. The summed E-state index contributed by atoms with van der Waals surface area (Å²) >= 11 is 0. The monoisotopic (exact) mass is 277 g/mol. The zero-order valence-corrected chi connectivity index (χ0v) is 10.8. The maximum absolute atomic E-state index is 12.8. The summed E-state index contributed by atoms with van der Waals surface area (Å²) in [5.41, 5.74) is 0.980. The molecule has 98 valence electrons. The van der Waals surface area contributed by atoms with E-state index in [4.69, 9.17) is 0 Å². The Kier molecular flexibility index (Phi) is 2.88. The van der Waals surface area contributed by atoms with Crippen molar-refractivity contribution in [3.8, 4) is 0 Å². The zero-order valence-electron chi connectivity index (χ0n) is 10.0. The van der Waals surface area contributed by atoms with E-state index in [-0.39, 0.29) is 10.9 Å². The number of halogens is 1. The molecule has 1 aliphatic heterocycles. The van der Waals surface area contributed by atoms with E-state index in [0.717, 1.165) is 17.7 Å². The van der Waals surface area contributed by atoms with Crippen LogP contribution in [-0.2, 0) is 10.0 Å². The van der Waals surface area contributed by atoms with Crippen LogP contribution in [0.25, 0.3) is 0 Å². The van der Waals surface area contributed by atoms with Crippen molar-refractivity contribution in [2.45, 2.75) is 10.9 Å². The Bertz CT molecular complexity index is 683. The smallest absolute Gasteiger partial charge is 0.207 e. The SMILES string of the molecule is O=S(=O)(c1ccc(F)cc1)N1CC1c1ccccc1. The molecule has 0 aromatic heterocycles. The molecule has 2 aromatic rings. The van der Waals surface area contributed by atoms with Crippen molar-refractivity contribution >= 4 is 10.0 Å². The molecule has 1 saturated heterocycles. The van der Waals surface area contributed by atoms with E-state index in [9.17, 15) is 12.8 Å². The maximum Gasteiger partial charge on any atom is 0.243 e. The lowest BCUT2D eigenvalue weighted by Gasteiger charge is -2.06. The topological polar surface area (TPSA) is 37.1 Å². The number of hydrogen-bond acceptors (Lipinski definition) is 2. The fourth-order valence-electron chi connectivity index (χ4n) is 2.08. The minimum atomic E-state index is -3.51. The quantitative estimate of drug-likeness (QED) is 0.809. The van der Waals surface area contributed by atoms with Crippen LogP contribution in [0.15, 0.2) is 59.5 Å². The van der Waals surface area contributed by atoms with Crippen molar-refractivity contribution in [3.63, 3.8) is 0 Å². The zero-order chi connectivity index (χ0) is 13.5. The second-order valence-corrected chi connectivity index (χ2v) is 6.35. The van der Waals surface area contributed by atoms with Gasteiger partial charge in [-0.2, -0.15) is 4.31 Å². The molecule has 1 heterocycles. The van der Waals surface area contributed by atoms with Gasteiger partial charge in [-0.05, 0) is 29.8 Å². The summed E-state index contributed by atoms with van der Waals surface area (Å²) in [6.45, 7) is 0.476.